The first kappa shape index (κ1) is 19.2. The molecular weight excluding hydrogens is 363 g/mol. The summed E-state index contributed by atoms with van der Waals surface area (Å²) in [5, 5.41) is 10.5. The predicted molar refractivity (Wildman–Crippen MR) is 108 cm³/mol. The minimum absolute atomic E-state index is 0.375. The van der Waals surface area contributed by atoms with E-state index in [1.165, 1.54) is 17.0 Å². The largest absolute Gasteiger partial charge is 0.350 e. The summed E-state index contributed by atoms with van der Waals surface area (Å²) in [5.41, 5.74) is 10.2. The Morgan fingerprint density at radius 3 is 2.48 bits per heavy atom. The molecular formula is C21H21FN2O2S. The number of halogens is 1. The van der Waals surface area contributed by atoms with E-state index < -0.39 is 12.1 Å². The molecule has 0 aliphatic heterocycles. The van der Waals surface area contributed by atoms with E-state index in [1.54, 1.807) is 24.8 Å². The van der Waals surface area contributed by atoms with Crippen LogP contribution in [-0.4, -0.2) is 28.6 Å². The van der Waals surface area contributed by atoms with Crippen molar-refractivity contribution in [1.82, 2.24) is 5.06 Å². The van der Waals surface area contributed by atoms with Crippen LogP contribution in [0.15, 0.2) is 52.9 Å². The zero-order chi connectivity index (χ0) is 19.7. The summed E-state index contributed by atoms with van der Waals surface area (Å²) in [6, 6.07) is 11.1. The fraction of sp³-hybridized carbons (Fsp3) is 0.190. The van der Waals surface area contributed by atoms with Gasteiger partial charge in [-0.05, 0) is 83.9 Å². The molecule has 1 atom stereocenters. The molecule has 140 valence electrons. The van der Waals surface area contributed by atoms with Crippen molar-refractivity contribution in [3.8, 4) is 0 Å². The lowest BCUT2D eigenvalue weighted by atomic mass is 9.99. The summed E-state index contributed by atoms with van der Waals surface area (Å²) in [6.07, 6.45) is 4.05. The number of carbonyl (C=O) groups excluding carboxylic acids is 1. The third-order valence-electron chi connectivity index (χ3n) is 4.81. The zero-order valence-electron chi connectivity index (χ0n) is 15.4. The first-order valence-electron chi connectivity index (χ1n) is 8.48. The lowest BCUT2D eigenvalue weighted by Crippen LogP contribution is -2.40. The van der Waals surface area contributed by atoms with Crippen LogP contribution in [0.25, 0.3) is 17.2 Å². The third kappa shape index (κ3) is 3.63. The van der Waals surface area contributed by atoms with Gasteiger partial charge in [0.1, 0.15) is 5.82 Å². The second-order valence-electron chi connectivity index (χ2n) is 6.42. The second kappa shape index (κ2) is 7.58. The molecule has 27 heavy (non-hydrogen) atoms. The number of primary amides is 1. The predicted octanol–water partition coefficient (Wildman–Crippen LogP) is 5.03. The van der Waals surface area contributed by atoms with Crippen LogP contribution in [0.1, 0.15) is 30.5 Å². The van der Waals surface area contributed by atoms with Crippen LogP contribution in [0.5, 0.6) is 0 Å². The molecule has 0 spiro atoms. The highest BCUT2D eigenvalue weighted by Gasteiger charge is 2.31. The molecule has 0 heterocycles. The number of amides is 2. The van der Waals surface area contributed by atoms with Crippen LogP contribution < -0.4 is 5.73 Å². The first-order chi connectivity index (χ1) is 12.8. The lowest BCUT2D eigenvalue weighted by Gasteiger charge is -2.23. The van der Waals surface area contributed by atoms with E-state index in [0.717, 1.165) is 22.3 Å². The van der Waals surface area contributed by atoms with Crippen molar-refractivity contribution in [3.05, 3.63) is 70.5 Å². The highest BCUT2D eigenvalue weighted by atomic mass is 32.2. The number of hydroxylamine groups is 2. The highest BCUT2D eigenvalue weighted by Crippen LogP contribution is 2.44. The van der Waals surface area contributed by atoms with Crippen LogP contribution >= 0.6 is 11.8 Å². The van der Waals surface area contributed by atoms with E-state index in [2.05, 4.69) is 0 Å². The van der Waals surface area contributed by atoms with Gasteiger partial charge in [-0.15, -0.1) is 11.8 Å². The van der Waals surface area contributed by atoms with E-state index >= 15 is 0 Å². The van der Waals surface area contributed by atoms with Gasteiger partial charge in [-0.3, -0.25) is 5.21 Å². The molecule has 0 fully saturated rings. The van der Waals surface area contributed by atoms with E-state index in [1.807, 2.05) is 43.5 Å². The Hall–Kier alpha value is -2.57. The standard InChI is InChI=1S/C21H21FN2O2S/c1-12-18(10-14-4-7-16(27-3)8-5-14)17-9-6-15(22)11-19(17)20(12)13(2)24(26)21(23)25/h4-11,13,26H,1-3H3,(H2,23,25)/b18-10-. The number of fused-ring (bicyclic) bond motifs is 1. The van der Waals surface area contributed by atoms with Gasteiger partial charge >= 0.3 is 6.03 Å². The summed E-state index contributed by atoms with van der Waals surface area (Å²) in [4.78, 5) is 12.6. The number of rotatable bonds is 4. The van der Waals surface area contributed by atoms with E-state index in [-0.39, 0.29) is 5.82 Å². The number of thioether (sulfide) groups is 1. The summed E-state index contributed by atoms with van der Waals surface area (Å²) < 4.78 is 13.9. The van der Waals surface area contributed by atoms with Crippen molar-refractivity contribution in [2.45, 2.75) is 24.8 Å². The quantitative estimate of drug-likeness (QED) is 0.441. The van der Waals surface area contributed by atoms with Crippen molar-refractivity contribution < 1.29 is 14.4 Å². The average molecular weight is 384 g/mol. The number of urea groups is 1. The highest BCUT2D eigenvalue weighted by molar-refractivity contribution is 7.98. The molecule has 1 aliphatic carbocycles. The van der Waals surface area contributed by atoms with Crippen molar-refractivity contribution in [2.75, 3.05) is 6.26 Å². The number of carbonyl (C=O) groups is 1. The summed E-state index contributed by atoms with van der Waals surface area (Å²) in [7, 11) is 0. The fourth-order valence-corrected chi connectivity index (χ4v) is 3.84. The van der Waals surface area contributed by atoms with Gasteiger partial charge in [-0.1, -0.05) is 18.2 Å². The molecule has 3 N–H and O–H groups in total. The fourth-order valence-electron chi connectivity index (χ4n) is 3.43. The van der Waals surface area contributed by atoms with Gasteiger partial charge in [0, 0.05) is 4.90 Å². The Morgan fingerprint density at radius 2 is 1.89 bits per heavy atom. The molecule has 2 aromatic rings. The van der Waals surface area contributed by atoms with Crippen molar-refractivity contribution in [3.63, 3.8) is 0 Å². The molecule has 0 bridgehead atoms. The molecule has 2 amide bonds. The van der Waals surface area contributed by atoms with Gasteiger partial charge in [-0.2, -0.15) is 5.06 Å². The molecule has 3 rings (SSSR count). The maximum Gasteiger partial charge on any atom is 0.339 e. The number of hydrogen-bond donors (Lipinski definition) is 2. The normalized spacial score (nSPS) is 15.8. The van der Waals surface area contributed by atoms with Gasteiger partial charge in [-0.25, -0.2) is 9.18 Å². The molecule has 0 saturated heterocycles. The third-order valence-corrected chi connectivity index (χ3v) is 5.55. The lowest BCUT2D eigenvalue weighted by molar-refractivity contribution is -0.0535. The summed E-state index contributed by atoms with van der Waals surface area (Å²) in [6.45, 7) is 3.56. The molecule has 4 nitrogen and oxygen atoms in total. The number of allylic oxidation sites excluding steroid dienone is 2. The van der Waals surface area contributed by atoms with Gasteiger partial charge in [0.15, 0.2) is 0 Å². The topological polar surface area (TPSA) is 66.6 Å². The Morgan fingerprint density at radius 1 is 1.22 bits per heavy atom. The van der Waals surface area contributed by atoms with Gasteiger partial charge in [0.2, 0.25) is 0 Å². The van der Waals surface area contributed by atoms with Gasteiger partial charge in [0.25, 0.3) is 0 Å². The minimum Gasteiger partial charge on any atom is -0.350 e. The monoisotopic (exact) mass is 384 g/mol. The van der Waals surface area contributed by atoms with Crippen LogP contribution in [0, 0.1) is 5.82 Å². The summed E-state index contributed by atoms with van der Waals surface area (Å²) >= 11 is 1.67. The van der Waals surface area contributed by atoms with Crippen LogP contribution in [0.4, 0.5) is 9.18 Å². The van der Waals surface area contributed by atoms with Crippen molar-refractivity contribution in [1.29, 1.82) is 0 Å². The molecule has 6 heteroatoms. The number of nitrogens with two attached hydrogens (primary N) is 1. The molecule has 1 unspecified atom stereocenters. The average Bonchev–Trinajstić information content (AvgIpc) is 2.92. The molecule has 0 aromatic heterocycles. The number of nitrogens with zero attached hydrogens (tertiary/aromatic N) is 1. The van der Waals surface area contributed by atoms with Crippen LogP contribution in [-0.2, 0) is 0 Å². The smallest absolute Gasteiger partial charge is 0.339 e. The first-order valence-corrected chi connectivity index (χ1v) is 9.70. The number of benzene rings is 2. The van der Waals surface area contributed by atoms with E-state index in [9.17, 15) is 14.4 Å². The maximum absolute atomic E-state index is 13.9. The van der Waals surface area contributed by atoms with Crippen molar-refractivity contribution in [2.24, 2.45) is 5.73 Å². The number of hydrogen-bond acceptors (Lipinski definition) is 3. The van der Waals surface area contributed by atoms with Crippen molar-refractivity contribution >= 4 is 35.0 Å². The Kier molecular flexibility index (Phi) is 5.39. The maximum atomic E-state index is 13.9. The molecule has 0 saturated carbocycles. The minimum atomic E-state index is -0.953. The Balaban J connectivity index is 2.14. The Labute approximate surface area is 162 Å². The van der Waals surface area contributed by atoms with Gasteiger partial charge < -0.3 is 5.73 Å². The van der Waals surface area contributed by atoms with E-state index in [0.29, 0.717) is 16.2 Å². The molecule has 1 aliphatic rings. The van der Waals surface area contributed by atoms with Crippen LogP contribution in [0.3, 0.4) is 0 Å². The van der Waals surface area contributed by atoms with Gasteiger partial charge in [0.05, 0.1) is 6.04 Å². The molecule has 0 radical (unpaired) electrons. The summed E-state index contributed by atoms with van der Waals surface area (Å²) in [5.74, 6) is -0.375. The second-order valence-corrected chi connectivity index (χ2v) is 7.30. The SMILES string of the molecule is CSc1ccc(/C=C2/C(C)=C(C(C)N(O)C(N)=O)c3cc(F)ccc32)cc1. The molecule has 2 aromatic carbocycles. The van der Waals surface area contributed by atoms with E-state index in [4.69, 9.17) is 5.73 Å². The zero-order valence-corrected chi connectivity index (χ0v) is 16.2. The Bertz CT molecular complexity index is 951. The van der Waals surface area contributed by atoms with Crippen LogP contribution in [0.2, 0.25) is 0 Å².